The van der Waals surface area contributed by atoms with Crippen LogP contribution >= 0.6 is 0 Å². The molecule has 0 unspecified atom stereocenters. The second kappa shape index (κ2) is 4.89. The summed E-state index contributed by atoms with van der Waals surface area (Å²) in [5.41, 5.74) is 1.16. The van der Waals surface area contributed by atoms with Gasteiger partial charge in [-0.2, -0.15) is 4.98 Å². The molecule has 0 amide bonds. The standard InChI is InChI=1S/C8H14N6O3/c1-8(2,4-15)12-6-5(14(16)17)3-10-7(11-6)13-9/h3,15H,4,9H2,1-2H3,(H2,10,11,12,13). The highest BCUT2D eigenvalue weighted by atomic mass is 16.6. The van der Waals surface area contributed by atoms with E-state index in [1.165, 1.54) is 0 Å². The average molecular weight is 242 g/mol. The Morgan fingerprint density at radius 2 is 2.29 bits per heavy atom. The molecular formula is C8H14N6O3. The van der Waals surface area contributed by atoms with Crippen LogP contribution in [0.5, 0.6) is 0 Å². The van der Waals surface area contributed by atoms with Gasteiger partial charge in [-0.25, -0.2) is 10.8 Å². The maximum atomic E-state index is 10.8. The van der Waals surface area contributed by atoms with Crippen LogP contribution in [0.4, 0.5) is 17.5 Å². The molecule has 1 aromatic heterocycles. The molecule has 0 fully saturated rings. The number of nitrogens with zero attached hydrogens (tertiary/aromatic N) is 3. The van der Waals surface area contributed by atoms with Gasteiger partial charge in [0.1, 0.15) is 6.20 Å². The fourth-order valence-electron chi connectivity index (χ4n) is 1.03. The Labute approximate surface area is 97.2 Å². The molecule has 0 aliphatic rings. The highest BCUT2D eigenvalue weighted by Gasteiger charge is 2.24. The Kier molecular flexibility index (Phi) is 3.76. The first-order valence-corrected chi connectivity index (χ1v) is 4.76. The first-order chi connectivity index (χ1) is 7.89. The van der Waals surface area contributed by atoms with Crippen LogP contribution in [0.2, 0.25) is 0 Å². The third-order valence-corrected chi connectivity index (χ3v) is 1.95. The third kappa shape index (κ3) is 3.23. The Hall–Kier alpha value is -2.00. The molecule has 0 saturated heterocycles. The summed E-state index contributed by atoms with van der Waals surface area (Å²) >= 11 is 0. The summed E-state index contributed by atoms with van der Waals surface area (Å²) < 4.78 is 0. The molecule has 0 aliphatic carbocycles. The van der Waals surface area contributed by atoms with Gasteiger partial charge in [0.25, 0.3) is 0 Å². The van der Waals surface area contributed by atoms with Gasteiger partial charge in [0.05, 0.1) is 17.1 Å². The van der Waals surface area contributed by atoms with E-state index in [1.54, 1.807) is 13.8 Å². The number of anilines is 2. The molecule has 0 aromatic carbocycles. The SMILES string of the molecule is CC(C)(CO)Nc1nc(NN)ncc1[N+](=O)[O-]. The van der Waals surface area contributed by atoms with Crippen LogP contribution in [0.15, 0.2) is 6.20 Å². The van der Waals surface area contributed by atoms with Gasteiger partial charge in [-0.15, -0.1) is 0 Å². The largest absolute Gasteiger partial charge is 0.394 e. The number of aliphatic hydroxyl groups is 1. The molecule has 1 aromatic rings. The van der Waals surface area contributed by atoms with Crippen molar-refractivity contribution in [2.24, 2.45) is 5.84 Å². The van der Waals surface area contributed by atoms with Crippen LogP contribution in [0, 0.1) is 10.1 Å². The van der Waals surface area contributed by atoms with Gasteiger partial charge in [-0.3, -0.25) is 15.5 Å². The van der Waals surface area contributed by atoms with Crippen LogP contribution < -0.4 is 16.6 Å². The summed E-state index contributed by atoms with van der Waals surface area (Å²) in [5.74, 6) is 5.16. The van der Waals surface area contributed by atoms with Gasteiger partial charge in [-0.05, 0) is 13.8 Å². The van der Waals surface area contributed by atoms with Crippen LogP contribution in [0.3, 0.4) is 0 Å². The van der Waals surface area contributed by atoms with Gasteiger partial charge in [0, 0.05) is 0 Å². The second-order valence-corrected chi connectivity index (χ2v) is 4.00. The zero-order chi connectivity index (χ0) is 13.1. The average Bonchev–Trinajstić information content (AvgIpc) is 2.28. The first kappa shape index (κ1) is 13.1. The van der Waals surface area contributed by atoms with E-state index in [2.05, 4.69) is 20.7 Å². The van der Waals surface area contributed by atoms with E-state index < -0.39 is 10.5 Å². The number of hydrazine groups is 1. The van der Waals surface area contributed by atoms with E-state index in [-0.39, 0.29) is 24.1 Å². The Balaban J connectivity index is 3.13. The normalized spacial score (nSPS) is 11.1. The minimum absolute atomic E-state index is 0.00278. The summed E-state index contributed by atoms with van der Waals surface area (Å²) in [7, 11) is 0. The maximum Gasteiger partial charge on any atom is 0.329 e. The van der Waals surface area contributed by atoms with Crippen molar-refractivity contribution in [2.75, 3.05) is 17.3 Å². The summed E-state index contributed by atoms with van der Waals surface area (Å²) in [6.07, 6.45) is 1.04. The van der Waals surface area contributed by atoms with Crippen molar-refractivity contribution >= 4 is 17.5 Å². The number of aromatic nitrogens is 2. The van der Waals surface area contributed by atoms with E-state index in [9.17, 15) is 10.1 Å². The van der Waals surface area contributed by atoms with Gasteiger partial charge < -0.3 is 10.4 Å². The lowest BCUT2D eigenvalue weighted by atomic mass is 10.1. The molecular weight excluding hydrogens is 228 g/mol. The maximum absolute atomic E-state index is 10.8. The monoisotopic (exact) mass is 242 g/mol. The molecule has 0 radical (unpaired) electrons. The summed E-state index contributed by atoms with van der Waals surface area (Å²) in [5, 5.41) is 22.6. The number of nitro groups is 1. The van der Waals surface area contributed by atoms with Crippen molar-refractivity contribution in [3.63, 3.8) is 0 Å². The topological polar surface area (TPSA) is 139 Å². The fourth-order valence-corrected chi connectivity index (χ4v) is 1.03. The number of nitrogens with two attached hydrogens (primary N) is 1. The van der Waals surface area contributed by atoms with Crippen molar-refractivity contribution in [1.82, 2.24) is 9.97 Å². The van der Waals surface area contributed by atoms with E-state index in [1.807, 2.05) is 0 Å². The highest BCUT2D eigenvalue weighted by Crippen LogP contribution is 2.24. The molecule has 5 N–H and O–H groups in total. The zero-order valence-corrected chi connectivity index (χ0v) is 9.47. The van der Waals surface area contributed by atoms with Crippen LogP contribution in [-0.4, -0.2) is 32.1 Å². The van der Waals surface area contributed by atoms with Crippen molar-refractivity contribution in [3.05, 3.63) is 16.3 Å². The van der Waals surface area contributed by atoms with Crippen molar-refractivity contribution < 1.29 is 10.0 Å². The predicted octanol–water partition coefficient (Wildman–Crippen LogP) is -0.147. The second-order valence-electron chi connectivity index (χ2n) is 4.00. The number of rotatable bonds is 5. The molecule has 0 aliphatic heterocycles. The Morgan fingerprint density at radius 1 is 1.65 bits per heavy atom. The van der Waals surface area contributed by atoms with E-state index >= 15 is 0 Å². The van der Waals surface area contributed by atoms with E-state index in [4.69, 9.17) is 10.9 Å². The van der Waals surface area contributed by atoms with Crippen molar-refractivity contribution in [1.29, 1.82) is 0 Å². The minimum atomic E-state index is -0.745. The summed E-state index contributed by atoms with van der Waals surface area (Å²) in [4.78, 5) is 17.6. The smallest absolute Gasteiger partial charge is 0.329 e. The number of hydrogen-bond donors (Lipinski definition) is 4. The quantitative estimate of drug-likeness (QED) is 0.317. The predicted molar refractivity (Wildman–Crippen MR) is 61.3 cm³/mol. The number of nitrogen functional groups attached to an aromatic ring is 1. The van der Waals surface area contributed by atoms with Crippen LogP contribution in [0.25, 0.3) is 0 Å². The summed E-state index contributed by atoms with van der Waals surface area (Å²) in [6, 6.07) is 0. The molecule has 0 bridgehead atoms. The lowest BCUT2D eigenvalue weighted by molar-refractivity contribution is -0.384. The Morgan fingerprint density at radius 3 is 2.76 bits per heavy atom. The molecule has 94 valence electrons. The van der Waals surface area contributed by atoms with Crippen LogP contribution in [-0.2, 0) is 0 Å². The molecule has 1 heterocycles. The third-order valence-electron chi connectivity index (χ3n) is 1.95. The molecule has 1 rings (SSSR count). The molecule has 0 saturated carbocycles. The zero-order valence-electron chi connectivity index (χ0n) is 9.47. The van der Waals surface area contributed by atoms with Crippen molar-refractivity contribution in [3.8, 4) is 0 Å². The van der Waals surface area contributed by atoms with Crippen molar-refractivity contribution in [2.45, 2.75) is 19.4 Å². The lowest BCUT2D eigenvalue weighted by Crippen LogP contribution is -2.35. The van der Waals surface area contributed by atoms with Crippen LogP contribution in [0.1, 0.15) is 13.8 Å². The molecule has 17 heavy (non-hydrogen) atoms. The highest BCUT2D eigenvalue weighted by molar-refractivity contribution is 5.58. The van der Waals surface area contributed by atoms with Gasteiger partial charge in [-0.1, -0.05) is 0 Å². The minimum Gasteiger partial charge on any atom is -0.394 e. The lowest BCUT2D eigenvalue weighted by Gasteiger charge is -2.23. The van der Waals surface area contributed by atoms with Gasteiger partial charge >= 0.3 is 5.69 Å². The Bertz CT molecular complexity index is 422. The van der Waals surface area contributed by atoms with E-state index in [0.717, 1.165) is 6.20 Å². The first-order valence-electron chi connectivity index (χ1n) is 4.76. The van der Waals surface area contributed by atoms with Gasteiger partial charge in [0.2, 0.25) is 11.8 Å². The summed E-state index contributed by atoms with van der Waals surface area (Å²) in [6.45, 7) is 3.14. The molecule has 0 spiro atoms. The van der Waals surface area contributed by atoms with Gasteiger partial charge in [0.15, 0.2) is 0 Å². The molecule has 9 nitrogen and oxygen atoms in total. The van der Waals surface area contributed by atoms with E-state index in [0.29, 0.717) is 0 Å². The number of hydrogen-bond acceptors (Lipinski definition) is 8. The molecule has 9 heteroatoms. The molecule has 0 atom stereocenters. The number of nitrogens with one attached hydrogen (secondary N) is 2. The fraction of sp³-hybridized carbons (Fsp3) is 0.500. The number of aliphatic hydroxyl groups excluding tert-OH is 1.